The molecule has 0 radical (unpaired) electrons. The molecule has 0 heterocycles. The third kappa shape index (κ3) is 40.8. The van der Waals surface area contributed by atoms with Gasteiger partial charge in [0.15, 0.2) is 6.10 Å². The number of esters is 2. The number of rotatable bonds is 38. The summed E-state index contributed by atoms with van der Waals surface area (Å²) in [6, 6.07) is 0. The van der Waals surface area contributed by atoms with Crippen LogP contribution >= 0.6 is 7.82 Å². The van der Waals surface area contributed by atoms with E-state index in [0.717, 1.165) is 44.9 Å². The van der Waals surface area contributed by atoms with Gasteiger partial charge in [0.1, 0.15) is 6.61 Å². The third-order valence-electron chi connectivity index (χ3n) is 8.96. The number of allylic oxidation sites excluding steroid dienone is 8. The van der Waals surface area contributed by atoms with Crippen LogP contribution in [0.1, 0.15) is 194 Å². The van der Waals surface area contributed by atoms with Crippen molar-refractivity contribution in [2.45, 2.75) is 200 Å². The molecule has 0 saturated carbocycles. The summed E-state index contributed by atoms with van der Waals surface area (Å²) in [5, 5.41) is 0. The molecule has 0 amide bonds. The van der Waals surface area contributed by atoms with Crippen LogP contribution < -0.4 is 0 Å². The van der Waals surface area contributed by atoms with Gasteiger partial charge in [-0.1, -0.05) is 197 Å². The average Bonchev–Trinajstić information content (AvgIpc) is 3.11. The van der Waals surface area contributed by atoms with E-state index < -0.39 is 32.5 Å². The molecule has 1 atom stereocenters. The molecule has 0 aliphatic heterocycles. The van der Waals surface area contributed by atoms with Crippen LogP contribution in [0.15, 0.2) is 48.6 Å². The lowest BCUT2D eigenvalue weighted by molar-refractivity contribution is -0.161. The van der Waals surface area contributed by atoms with Gasteiger partial charge in [0, 0.05) is 12.8 Å². The molecule has 0 aliphatic carbocycles. The van der Waals surface area contributed by atoms with Crippen LogP contribution in [-0.4, -0.2) is 41.0 Å². The van der Waals surface area contributed by atoms with Gasteiger partial charge in [0.05, 0.1) is 6.61 Å². The number of phosphoric acid groups is 1. The molecule has 1 unspecified atom stereocenters. The van der Waals surface area contributed by atoms with Crippen molar-refractivity contribution in [3.05, 3.63) is 48.6 Å². The Morgan fingerprint density at radius 2 is 0.923 bits per heavy atom. The number of carbonyl (C=O) groups excluding carboxylic acids is 2. The highest BCUT2D eigenvalue weighted by Crippen LogP contribution is 2.36. The maximum atomic E-state index is 12.4. The van der Waals surface area contributed by atoms with Crippen molar-refractivity contribution >= 4 is 19.8 Å². The summed E-state index contributed by atoms with van der Waals surface area (Å²) < 4.78 is 26.3. The van der Waals surface area contributed by atoms with Crippen molar-refractivity contribution in [2.24, 2.45) is 0 Å². The van der Waals surface area contributed by atoms with E-state index in [1.807, 2.05) is 36.5 Å². The second-order valence-corrected chi connectivity index (χ2v) is 15.3. The van der Waals surface area contributed by atoms with Crippen LogP contribution in [0, 0.1) is 0 Å². The zero-order chi connectivity index (χ0) is 38.2. The van der Waals surface area contributed by atoms with Crippen LogP contribution in [0.4, 0.5) is 0 Å². The molecule has 9 heteroatoms. The molecule has 2 N–H and O–H groups in total. The van der Waals surface area contributed by atoms with Crippen LogP contribution in [0.2, 0.25) is 0 Å². The van der Waals surface area contributed by atoms with Crippen molar-refractivity contribution in [1.29, 1.82) is 0 Å². The number of ether oxygens (including phenoxy) is 2. The molecule has 0 spiro atoms. The summed E-state index contributed by atoms with van der Waals surface area (Å²) in [5.41, 5.74) is 0. The van der Waals surface area contributed by atoms with Gasteiger partial charge in [-0.25, -0.2) is 4.57 Å². The summed E-state index contributed by atoms with van der Waals surface area (Å²) in [7, 11) is -4.76. The first-order chi connectivity index (χ1) is 25.3. The normalized spacial score (nSPS) is 12.9. The number of hydrogen-bond donors (Lipinski definition) is 2. The fourth-order valence-electron chi connectivity index (χ4n) is 5.85. The minimum Gasteiger partial charge on any atom is -0.462 e. The molecule has 0 aromatic heterocycles. The first-order valence-electron chi connectivity index (χ1n) is 21.0. The second kappa shape index (κ2) is 38.7. The summed E-state index contributed by atoms with van der Waals surface area (Å²) in [6.45, 7) is 3.52. The number of phosphoric ester groups is 1. The van der Waals surface area contributed by atoms with Gasteiger partial charge in [-0.15, -0.1) is 0 Å². The van der Waals surface area contributed by atoms with E-state index in [4.69, 9.17) is 19.3 Å². The van der Waals surface area contributed by atoms with Gasteiger partial charge >= 0.3 is 19.8 Å². The molecular weight excluding hydrogens is 675 g/mol. The Bertz CT molecular complexity index is 984. The Morgan fingerprint density at radius 3 is 1.38 bits per heavy atom. The highest BCUT2D eigenvalue weighted by Gasteiger charge is 2.22. The van der Waals surface area contributed by atoms with E-state index in [1.165, 1.54) is 116 Å². The Labute approximate surface area is 318 Å². The van der Waals surface area contributed by atoms with Crippen molar-refractivity contribution in [3.63, 3.8) is 0 Å². The lowest BCUT2D eigenvalue weighted by atomic mass is 10.0. The van der Waals surface area contributed by atoms with Gasteiger partial charge in [0.2, 0.25) is 0 Å². The molecule has 0 fully saturated rings. The molecule has 0 aliphatic rings. The lowest BCUT2D eigenvalue weighted by Crippen LogP contribution is -2.29. The zero-order valence-corrected chi connectivity index (χ0v) is 34.1. The molecule has 0 rings (SSSR count). The van der Waals surface area contributed by atoms with E-state index in [0.29, 0.717) is 6.42 Å². The minimum atomic E-state index is -4.76. The molecule has 8 nitrogen and oxygen atoms in total. The number of carbonyl (C=O) groups is 2. The van der Waals surface area contributed by atoms with E-state index in [2.05, 4.69) is 30.5 Å². The lowest BCUT2D eigenvalue weighted by Gasteiger charge is -2.18. The molecule has 302 valence electrons. The quantitative estimate of drug-likeness (QED) is 0.0277. The van der Waals surface area contributed by atoms with Gasteiger partial charge < -0.3 is 19.3 Å². The molecule has 0 bridgehead atoms. The first kappa shape index (κ1) is 50.0. The molecule has 0 saturated heterocycles. The highest BCUT2D eigenvalue weighted by atomic mass is 31.2. The maximum absolute atomic E-state index is 12.4. The predicted octanol–water partition coefficient (Wildman–Crippen LogP) is 12.7. The van der Waals surface area contributed by atoms with Crippen molar-refractivity contribution in [1.82, 2.24) is 0 Å². The molecule has 0 aromatic rings. The minimum absolute atomic E-state index is 0.166. The Kier molecular flexibility index (Phi) is 37.2. The van der Waals surface area contributed by atoms with Crippen LogP contribution in [-0.2, 0) is 28.2 Å². The molecule has 0 aromatic carbocycles. The van der Waals surface area contributed by atoms with Crippen LogP contribution in [0.3, 0.4) is 0 Å². The largest absolute Gasteiger partial charge is 0.469 e. The SMILES string of the molecule is CC/C=C/C=C/C=C/C=C/CCCCCC(=O)OC(COC(=O)CCCCCCCCCCCCCCCCCCCCCCC)COP(=O)(O)O. The van der Waals surface area contributed by atoms with Gasteiger partial charge in [-0.05, 0) is 32.1 Å². The van der Waals surface area contributed by atoms with E-state index in [-0.39, 0.29) is 19.4 Å². The number of unbranched alkanes of at least 4 members (excludes halogenated alkanes) is 23. The van der Waals surface area contributed by atoms with Gasteiger partial charge in [-0.2, -0.15) is 0 Å². The maximum Gasteiger partial charge on any atom is 0.469 e. The Balaban J connectivity index is 3.88. The highest BCUT2D eigenvalue weighted by molar-refractivity contribution is 7.46. The summed E-state index contributed by atoms with van der Waals surface area (Å²) in [4.78, 5) is 42.8. The molecular formula is C43H77O8P. The topological polar surface area (TPSA) is 119 Å². The van der Waals surface area contributed by atoms with E-state index in [1.54, 1.807) is 0 Å². The summed E-state index contributed by atoms with van der Waals surface area (Å²) in [5.74, 6) is -0.927. The molecule has 52 heavy (non-hydrogen) atoms. The standard InChI is InChI=1S/C43H77O8P/c1-3-5-7-9-11-13-15-17-18-19-20-21-22-23-24-26-27-29-31-33-35-37-42(44)49-39-41(40-50-52(46,47)48)51-43(45)38-36-34-32-30-28-25-16-14-12-10-8-6-4-2/h6,8,10,12,14,16,25,28,41H,3-5,7,9,11,13,15,17-24,26-27,29-40H2,1-2H3,(H2,46,47,48)/b8-6+,12-10+,16-14+,28-25+. The monoisotopic (exact) mass is 753 g/mol. The predicted molar refractivity (Wildman–Crippen MR) is 216 cm³/mol. The number of hydrogen-bond acceptors (Lipinski definition) is 6. The van der Waals surface area contributed by atoms with Crippen molar-refractivity contribution < 1.29 is 37.9 Å². The Morgan fingerprint density at radius 1 is 0.519 bits per heavy atom. The Hall–Kier alpha value is -1.99. The van der Waals surface area contributed by atoms with Crippen molar-refractivity contribution in [3.8, 4) is 0 Å². The van der Waals surface area contributed by atoms with Crippen LogP contribution in [0.5, 0.6) is 0 Å². The first-order valence-corrected chi connectivity index (χ1v) is 22.5. The van der Waals surface area contributed by atoms with Gasteiger partial charge in [0.25, 0.3) is 0 Å². The fraction of sp³-hybridized carbons (Fsp3) is 0.767. The van der Waals surface area contributed by atoms with Crippen molar-refractivity contribution in [2.75, 3.05) is 13.2 Å². The van der Waals surface area contributed by atoms with Crippen LogP contribution in [0.25, 0.3) is 0 Å². The fourth-order valence-corrected chi connectivity index (χ4v) is 6.22. The third-order valence-corrected chi connectivity index (χ3v) is 9.44. The summed E-state index contributed by atoms with van der Waals surface area (Å²) in [6.07, 6.45) is 47.0. The second-order valence-electron chi connectivity index (χ2n) is 14.0. The van der Waals surface area contributed by atoms with E-state index >= 15 is 0 Å². The van der Waals surface area contributed by atoms with Gasteiger partial charge in [-0.3, -0.25) is 14.1 Å². The van der Waals surface area contributed by atoms with E-state index in [9.17, 15) is 14.2 Å². The average molecular weight is 753 g/mol. The summed E-state index contributed by atoms with van der Waals surface area (Å²) >= 11 is 0. The zero-order valence-electron chi connectivity index (χ0n) is 33.2. The smallest absolute Gasteiger partial charge is 0.462 e.